The van der Waals surface area contributed by atoms with Gasteiger partial charge in [0.1, 0.15) is 16.7 Å². The summed E-state index contributed by atoms with van der Waals surface area (Å²) in [5.74, 6) is -1.10. The van der Waals surface area contributed by atoms with Gasteiger partial charge >= 0.3 is 5.97 Å². The Labute approximate surface area is 168 Å². The van der Waals surface area contributed by atoms with Crippen LogP contribution in [0.4, 0.5) is 5.69 Å². The Bertz CT molecular complexity index is 965. The molecule has 0 saturated carbocycles. The number of thioether (sulfide) groups is 1. The highest BCUT2D eigenvalue weighted by Crippen LogP contribution is 2.46. The minimum atomic E-state index is -0.582. The third kappa shape index (κ3) is 3.61. The zero-order valence-electron chi connectivity index (χ0n) is 13.7. The quantitative estimate of drug-likeness (QED) is 0.288. The lowest BCUT2D eigenvalue weighted by atomic mass is 10.2. The van der Waals surface area contributed by atoms with E-state index in [1.165, 1.54) is 11.8 Å². The summed E-state index contributed by atoms with van der Waals surface area (Å²) in [6, 6.07) is 16.6. The molecule has 130 valence electrons. The predicted octanol–water partition coefficient (Wildman–Crippen LogP) is 3.99. The molecule has 0 amide bonds. The number of halogens is 1. The normalized spacial score (nSPS) is 14.4. The van der Waals surface area contributed by atoms with Crippen LogP contribution in [0.1, 0.15) is 10.4 Å². The van der Waals surface area contributed by atoms with Crippen LogP contribution >= 0.6 is 34.4 Å². The zero-order valence-corrected chi connectivity index (χ0v) is 16.7. The van der Waals surface area contributed by atoms with Gasteiger partial charge in [0.25, 0.3) is 0 Å². The minimum absolute atomic E-state index is 0.00995. The maximum Gasteiger partial charge on any atom is 0.339 e. The summed E-state index contributed by atoms with van der Waals surface area (Å²) in [5, 5.41) is 10.0. The molecular weight excluding hydrogens is 463 g/mol. The van der Waals surface area contributed by atoms with Gasteiger partial charge in [-0.05, 0) is 46.9 Å². The van der Waals surface area contributed by atoms with Crippen molar-refractivity contribution in [1.82, 2.24) is 0 Å². The molecule has 1 aliphatic heterocycles. The smallest absolute Gasteiger partial charge is 0.339 e. The molecular formula is C19H13IN2O3S. The van der Waals surface area contributed by atoms with Crippen molar-refractivity contribution in [2.24, 2.45) is 0 Å². The molecule has 0 unspecified atom stereocenters. The van der Waals surface area contributed by atoms with Gasteiger partial charge in [0.05, 0.1) is 11.3 Å². The number of anilines is 1. The van der Waals surface area contributed by atoms with Crippen LogP contribution < -0.4 is 4.90 Å². The topological polar surface area (TPSA) is 70.4 Å². The summed E-state index contributed by atoms with van der Waals surface area (Å²) in [6.45, 7) is -0.471. The fourth-order valence-corrected chi connectivity index (χ4v) is 4.23. The fourth-order valence-electron chi connectivity index (χ4n) is 2.46. The first-order chi connectivity index (χ1) is 12.5. The van der Waals surface area contributed by atoms with Gasteiger partial charge in [-0.25, -0.2) is 4.79 Å². The fraction of sp³-hybridized carbons (Fsp3) is 0.105. The van der Waals surface area contributed by atoms with Gasteiger partial charge in [-0.15, -0.1) is 0 Å². The summed E-state index contributed by atoms with van der Waals surface area (Å²) in [7, 11) is 1.80. The first-order valence-corrected chi connectivity index (χ1v) is 9.52. The first kappa shape index (κ1) is 18.5. The third-order valence-electron chi connectivity index (χ3n) is 3.77. The van der Waals surface area contributed by atoms with Crippen molar-refractivity contribution in [2.45, 2.75) is 4.90 Å². The summed E-state index contributed by atoms with van der Waals surface area (Å²) in [4.78, 5) is 27.4. The molecule has 0 fully saturated rings. The Kier molecular flexibility index (Phi) is 5.64. The molecule has 1 aliphatic rings. The van der Waals surface area contributed by atoms with E-state index in [4.69, 9.17) is 4.74 Å². The number of Topliss-reactive ketones (excluding diaryl/α,β-unsaturated/α-hetero) is 1. The molecule has 1 heterocycles. The molecule has 26 heavy (non-hydrogen) atoms. The van der Waals surface area contributed by atoms with E-state index in [0.29, 0.717) is 10.6 Å². The number of esters is 1. The van der Waals surface area contributed by atoms with E-state index in [1.54, 1.807) is 30.1 Å². The van der Waals surface area contributed by atoms with E-state index < -0.39 is 18.4 Å². The number of fused-ring (bicyclic) bond motifs is 1. The van der Waals surface area contributed by atoms with Crippen LogP contribution in [0.3, 0.4) is 0 Å². The number of para-hydroxylation sites is 1. The minimum Gasteiger partial charge on any atom is -0.454 e. The summed E-state index contributed by atoms with van der Waals surface area (Å²) < 4.78 is 5.86. The average Bonchev–Trinajstić information content (AvgIpc) is 2.98. The average molecular weight is 476 g/mol. The van der Waals surface area contributed by atoms with Crippen molar-refractivity contribution in [3.05, 3.63) is 68.3 Å². The number of carbonyl (C=O) groups excluding carboxylic acids is 2. The van der Waals surface area contributed by atoms with Crippen LogP contribution in [0, 0.1) is 14.9 Å². The highest BCUT2D eigenvalue weighted by atomic mass is 127. The van der Waals surface area contributed by atoms with E-state index in [1.807, 2.05) is 59.0 Å². The molecule has 0 aliphatic carbocycles. The van der Waals surface area contributed by atoms with Crippen LogP contribution in [0.25, 0.3) is 0 Å². The number of rotatable bonds is 4. The van der Waals surface area contributed by atoms with Gasteiger partial charge in [0.15, 0.2) is 6.61 Å². The second-order valence-corrected chi connectivity index (χ2v) is 7.59. The van der Waals surface area contributed by atoms with Gasteiger partial charge in [-0.2, -0.15) is 5.26 Å². The Morgan fingerprint density at radius 3 is 2.58 bits per heavy atom. The molecule has 0 atom stereocenters. The molecule has 3 rings (SSSR count). The number of carbonyl (C=O) groups is 2. The van der Waals surface area contributed by atoms with E-state index in [0.717, 1.165) is 14.2 Å². The van der Waals surface area contributed by atoms with E-state index >= 15 is 0 Å². The SMILES string of the molecule is CN1/C(=C(\C#N)C(=O)COC(=O)c2ccccc2I)Sc2ccccc21. The molecule has 2 aromatic carbocycles. The summed E-state index contributed by atoms with van der Waals surface area (Å²) in [6.07, 6.45) is 0. The number of ether oxygens (including phenoxy) is 1. The maximum atomic E-state index is 12.5. The van der Waals surface area contributed by atoms with E-state index in [-0.39, 0.29) is 5.57 Å². The number of nitriles is 1. The molecule has 0 N–H and O–H groups in total. The molecule has 0 radical (unpaired) electrons. The highest BCUT2D eigenvalue weighted by molar-refractivity contribution is 14.1. The van der Waals surface area contributed by atoms with E-state index in [2.05, 4.69) is 0 Å². The van der Waals surface area contributed by atoms with Crippen molar-refractivity contribution in [2.75, 3.05) is 18.6 Å². The van der Waals surface area contributed by atoms with E-state index in [9.17, 15) is 14.9 Å². The highest BCUT2D eigenvalue weighted by Gasteiger charge is 2.28. The Balaban J connectivity index is 1.76. The van der Waals surface area contributed by atoms with Crippen LogP contribution in [0.5, 0.6) is 0 Å². The summed E-state index contributed by atoms with van der Waals surface area (Å²) in [5.41, 5.74) is 1.32. The van der Waals surface area contributed by atoms with Crippen molar-refractivity contribution >= 4 is 51.8 Å². The van der Waals surface area contributed by atoms with Crippen molar-refractivity contribution < 1.29 is 14.3 Å². The van der Waals surface area contributed by atoms with Crippen LogP contribution in [-0.2, 0) is 9.53 Å². The zero-order chi connectivity index (χ0) is 18.7. The largest absolute Gasteiger partial charge is 0.454 e. The lowest BCUT2D eigenvalue weighted by molar-refractivity contribution is -0.118. The number of hydrogen-bond donors (Lipinski definition) is 0. The molecule has 0 saturated heterocycles. The summed E-state index contributed by atoms with van der Waals surface area (Å²) >= 11 is 3.39. The molecule has 0 aromatic heterocycles. The van der Waals surface area contributed by atoms with Gasteiger partial charge in [0, 0.05) is 15.5 Å². The van der Waals surface area contributed by atoms with Gasteiger partial charge in [-0.3, -0.25) is 4.79 Å². The molecule has 0 bridgehead atoms. The molecule has 7 heteroatoms. The first-order valence-electron chi connectivity index (χ1n) is 7.62. The number of benzene rings is 2. The second kappa shape index (κ2) is 7.93. The number of nitrogens with zero attached hydrogens (tertiary/aromatic N) is 2. The van der Waals surface area contributed by atoms with Gasteiger partial charge < -0.3 is 9.64 Å². The van der Waals surface area contributed by atoms with Crippen molar-refractivity contribution in [3.8, 4) is 6.07 Å². The van der Waals surface area contributed by atoms with Crippen molar-refractivity contribution in [3.63, 3.8) is 0 Å². The van der Waals surface area contributed by atoms with Gasteiger partial charge in [0.2, 0.25) is 5.78 Å². The van der Waals surface area contributed by atoms with Crippen LogP contribution in [0.2, 0.25) is 0 Å². The number of ketones is 1. The molecule has 5 nitrogen and oxygen atoms in total. The second-order valence-electron chi connectivity index (χ2n) is 5.40. The lowest BCUT2D eigenvalue weighted by Crippen LogP contribution is -2.20. The Morgan fingerprint density at radius 2 is 1.88 bits per heavy atom. The monoisotopic (exact) mass is 476 g/mol. The van der Waals surface area contributed by atoms with Crippen molar-refractivity contribution in [1.29, 1.82) is 5.26 Å². The standard InChI is InChI=1S/C19H13IN2O3S/c1-22-15-8-4-5-9-17(15)26-18(22)13(10-21)16(23)11-25-19(24)12-6-2-3-7-14(12)20/h2-9H,11H2,1H3/b18-13-. The molecule has 0 spiro atoms. The third-order valence-corrected chi connectivity index (χ3v) is 5.95. The van der Waals surface area contributed by atoms with Gasteiger partial charge in [-0.1, -0.05) is 36.0 Å². The predicted molar refractivity (Wildman–Crippen MR) is 108 cm³/mol. The Morgan fingerprint density at radius 1 is 1.19 bits per heavy atom. The lowest BCUT2D eigenvalue weighted by Gasteiger charge is -2.14. The van der Waals surface area contributed by atoms with Crippen LogP contribution in [0.15, 0.2) is 64.0 Å². The van der Waals surface area contributed by atoms with Crippen LogP contribution in [-0.4, -0.2) is 25.4 Å². The number of hydrogen-bond acceptors (Lipinski definition) is 6. The Hall–Kier alpha value is -2.31. The maximum absolute atomic E-state index is 12.5. The molecule has 2 aromatic rings.